The minimum atomic E-state index is -0.230. The molecule has 2 heterocycles. The predicted octanol–water partition coefficient (Wildman–Crippen LogP) is 4.54. The fraction of sp³-hybridized carbons (Fsp3) is 0.292. The molecule has 4 rings (SSSR count). The molecule has 0 unspecified atom stereocenters. The molecule has 1 aliphatic heterocycles. The summed E-state index contributed by atoms with van der Waals surface area (Å²) < 4.78 is 5.62. The third-order valence-electron chi connectivity index (χ3n) is 5.19. The number of ether oxygens (including phenoxy) is 1. The topological polar surface area (TPSA) is 62.7 Å². The van der Waals surface area contributed by atoms with Crippen LogP contribution in [0.25, 0.3) is 11.3 Å². The van der Waals surface area contributed by atoms with E-state index in [2.05, 4.69) is 6.92 Å². The molecule has 0 N–H and O–H groups in total. The summed E-state index contributed by atoms with van der Waals surface area (Å²) in [5.74, 6) is 0.231. The number of para-hydroxylation sites is 1. The Bertz CT molecular complexity index is 1080. The van der Waals surface area contributed by atoms with Gasteiger partial charge in [0, 0.05) is 23.2 Å². The lowest BCUT2D eigenvalue weighted by Gasteiger charge is -2.31. The van der Waals surface area contributed by atoms with Crippen molar-refractivity contribution >= 4 is 34.5 Å². The fourth-order valence-corrected chi connectivity index (χ4v) is 4.55. The van der Waals surface area contributed by atoms with Gasteiger partial charge in [0.2, 0.25) is 5.91 Å². The molecule has 2 amide bonds. The van der Waals surface area contributed by atoms with E-state index in [1.807, 2.05) is 60.8 Å². The zero-order valence-electron chi connectivity index (χ0n) is 17.7. The van der Waals surface area contributed by atoms with Gasteiger partial charge in [0.05, 0.1) is 16.4 Å². The van der Waals surface area contributed by atoms with E-state index in [4.69, 9.17) is 9.72 Å². The van der Waals surface area contributed by atoms with Crippen molar-refractivity contribution in [3.05, 3.63) is 58.9 Å². The van der Waals surface area contributed by atoms with Gasteiger partial charge in [-0.1, -0.05) is 25.1 Å². The Kier molecular flexibility index (Phi) is 6.32. The van der Waals surface area contributed by atoms with Gasteiger partial charge in [0.1, 0.15) is 12.3 Å². The summed E-state index contributed by atoms with van der Waals surface area (Å²) in [6.07, 6.45) is 1.99. The van der Waals surface area contributed by atoms with Gasteiger partial charge >= 0.3 is 0 Å². The van der Waals surface area contributed by atoms with E-state index in [1.54, 1.807) is 16.2 Å². The first-order valence-corrected chi connectivity index (χ1v) is 11.4. The molecule has 1 aromatic heterocycles. The van der Waals surface area contributed by atoms with Gasteiger partial charge in [0.15, 0.2) is 6.61 Å². The van der Waals surface area contributed by atoms with Gasteiger partial charge in [-0.15, -0.1) is 11.3 Å². The van der Waals surface area contributed by atoms with Crippen LogP contribution >= 0.6 is 11.3 Å². The molecular weight excluding hydrogens is 410 g/mol. The summed E-state index contributed by atoms with van der Waals surface area (Å²) in [4.78, 5) is 33.7. The van der Waals surface area contributed by atoms with Gasteiger partial charge in [0.25, 0.3) is 5.91 Å². The highest BCUT2D eigenvalue weighted by molar-refractivity contribution is 7.09. The maximum Gasteiger partial charge on any atom is 0.265 e. The van der Waals surface area contributed by atoms with E-state index in [0.29, 0.717) is 18.0 Å². The Morgan fingerprint density at radius 2 is 2.00 bits per heavy atom. The quantitative estimate of drug-likeness (QED) is 0.547. The van der Waals surface area contributed by atoms with E-state index >= 15 is 0 Å². The SMILES string of the molecule is CCCc1nc(-c2ccc3c(c2)N(CC(=O)N(CC)c2ccccc2)C(=O)CO3)cs1. The lowest BCUT2D eigenvalue weighted by Crippen LogP contribution is -2.46. The smallest absolute Gasteiger partial charge is 0.265 e. The molecule has 0 bridgehead atoms. The van der Waals surface area contributed by atoms with E-state index in [9.17, 15) is 9.59 Å². The largest absolute Gasteiger partial charge is 0.482 e. The number of thiazole rings is 1. The molecule has 0 radical (unpaired) electrons. The summed E-state index contributed by atoms with van der Waals surface area (Å²) in [5.41, 5.74) is 3.20. The number of hydrogen-bond acceptors (Lipinski definition) is 5. The number of nitrogens with zero attached hydrogens (tertiary/aromatic N) is 3. The summed E-state index contributed by atoms with van der Waals surface area (Å²) in [6.45, 7) is 4.46. The zero-order valence-corrected chi connectivity index (χ0v) is 18.5. The van der Waals surface area contributed by atoms with Crippen LogP contribution in [0, 0.1) is 0 Å². The van der Waals surface area contributed by atoms with Crippen LogP contribution in [0.1, 0.15) is 25.3 Å². The van der Waals surface area contributed by atoms with Crippen LogP contribution in [0.5, 0.6) is 5.75 Å². The van der Waals surface area contributed by atoms with Crippen molar-refractivity contribution in [1.29, 1.82) is 0 Å². The van der Waals surface area contributed by atoms with Crippen molar-refractivity contribution in [2.24, 2.45) is 0 Å². The summed E-state index contributed by atoms with van der Waals surface area (Å²) in [5, 5.41) is 3.12. The number of amides is 2. The van der Waals surface area contributed by atoms with Crippen molar-refractivity contribution in [2.75, 3.05) is 29.5 Å². The molecule has 6 nitrogen and oxygen atoms in total. The van der Waals surface area contributed by atoms with Crippen molar-refractivity contribution in [2.45, 2.75) is 26.7 Å². The Labute approximate surface area is 186 Å². The second-order valence-electron chi connectivity index (χ2n) is 7.30. The first-order chi connectivity index (χ1) is 15.1. The van der Waals surface area contributed by atoms with Crippen molar-refractivity contribution < 1.29 is 14.3 Å². The Balaban J connectivity index is 1.62. The van der Waals surface area contributed by atoms with Crippen molar-refractivity contribution in [1.82, 2.24) is 4.98 Å². The Morgan fingerprint density at radius 1 is 1.19 bits per heavy atom. The normalized spacial score (nSPS) is 13.0. The van der Waals surface area contributed by atoms with Crippen LogP contribution < -0.4 is 14.5 Å². The number of benzene rings is 2. The molecule has 31 heavy (non-hydrogen) atoms. The van der Waals surface area contributed by atoms with Crippen molar-refractivity contribution in [3.8, 4) is 17.0 Å². The van der Waals surface area contributed by atoms with Crippen LogP contribution in [0.4, 0.5) is 11.4 Å². The molecule has 160 valence electrons. The molecule has 0 fully saturated rings. The van der Waals surface area contributed by atoms with Crippen LogP contribution in [0.15, 0.2) is 53.9 Å². The Hall–Kier alpha value is -3.19. The second-order valence-corrected chi connectivity index (χ2v) is 8.24. The number of hydrogen-bond donors (Lipinski definition) is 0. The van der Waals surface area contributed by atoms with Crippen LogP contribution in [0.3, 0.4) is 0 Å². The highest BCUT2D eigenvalue weighted by Crippen LogP contribution is 2.36. The maximum atomic E-state index is 13.1. The van der Waals surface area contributed by atoms with Gasteiger partial charge in [-0.3, -0.25) is 14.5 Å². The van der Waals surface area contributed by atoms with Gasteiger partial charge < -0.3 is 9.64 Å². The predicted molar refractivity (Wildman–Crippen MR) is 124 cm³/mol. The van der Waals surface area contributed by atoms with Crippen LogP contribution in [0.2, 0.25) is 0 Å². The lowest BCUT2D eigenvalue weighted by molar-refractivity contribution is -0.124. The number of carbonyl (C=O) groups is 2. The first-order valence-electron chi connectivity index (χ1n) is 10.5. The van der Waals surface area contributed by atoms with E-state index < -0.39 is 0 Å². The molecule has 3 aromatic rings. The Morgan fingerprint density at radius 3 is 2.74 bits per heavy atom. The average Bonchev–Trinajstić information content (AvgIpc) is 3.26. The summed E-state index contributed by atoms with van der Waals surface area (Å²) >= 11 is 1.64. The number of rotatable bonds is 7. The molecular formula is C24H25N3O3S. The molecule has 0 atom stereocenters. The third-order valence-corrected chi connectivity index (χ3v) is 6.10. The zero-order chi connectivity index (χ0) is 21.8. The molecule has 0 saturated heterocycles. The highest BCUT2D eigenvalue weighted by atomic mass is 32.1. The number of anilines is 2. The number of fused-ring (bicyclic) bond motifs is 1. The van der Waals surface area contributed by atoms with Gasteiger partial charge in [-0.2, -0.15) is 0 Å². The second kappa shape index (κ2) is 9.31. The lowest BCUT2D eigenvalue weighted by atomic mass is 10.1. The minimum absolute atomic E-state index is 0.0421. The molecule has 7 heteroatoms. The highest BCUT2D eigenvalue weighted by Gasteiger charge is 2.29. The number of aromatic nitrogens is 1. The van der Waals surface area contributed by atoms with E-state index in [0.717, 1.165) is 34.8 Å². The number of carbonyl (C=O) groups excluding carboxylic acids is 2. The molecule has 0 spiro atoms. The molecule has 0 aliphatic carbocycles. The van der Waals surface area contributed by atoms with E-state index in [-0.39, 0.29) is 25.0 Å². The number of likely N-dealkylation sites (N-methyl/N-ethyl adjacent to an activating group) is 1. The van der Waals surface area contributed by atoms with Gasteiger partial charge in [-0.05, 0) is 50.1 Å². The summed E-state index contributed by atoms with van der Waals surface area (Å²) in [6, 6.07) is 15.2. The fourth-order valence-electron chi connectivity index (χ4n) is 3.64. The van der Waals surface area contributed by atoms with Crippen molar-refractivity contribution in [3.63, 3.8) is 0 Å². The third kappa shape index (κ3) is 4.46. The van der Waals surface area contributed by atoms with E-state index in [1.165, 1.54) is 4.90 Å². The molecule has 0 saturated carbocycles. The average molecular weight is 436 g/mol. The monoisotopic (exact) mass is 435 g/mol. The van der Waals surface area contributed by atoms with Gasteiger partial charge in [-0.25, -0.2) is 4.98 Å². The summed E-state index contributed by atoms with van der Waals surface area (Å²) in [7, 11) is 0. The van der Waals surface area contributed by atoms with Crippen LogP contribution in [-0.2, 0) is 16.0 Å². The maximum absolute atomic E-state index is 13.1. The molecule has 1 aliphatic rings. The minimum Gasteiger partial charge on any atom is -0.482 e. The molecule has 2 aromatic carbocycles. The standard InChI is InChI=1S/C24H25N3O3S/c1-3-8-22-25-19(16-31-22)17-11-12-21-20(13-17)27(24(29)15-30-21)14-23(28)26(4-2)18-9-6-5-7-10-18/h5-7,9-13,16H,3-4,8,14-15H2,1-2H3. The first kappa shape index (κ1) is 21.1. The van der Waals surface area contributed by atoms with Crippen LogP contribution in [-0.4, -0.2) is 36.5 Å². The number of aryl methyl sites for hydroxylation is 1.